The molecule has 0 fully saturated rings. The van der Waals surface area contributed by atoms with Crippen LogP contribution >= 0.6 is 0 Å². The van der Waals surface area contributed by atoms with Gasteiger partial charge >= 0.3 is 0 Å². The number of ketones is 1. The van der Waals surface area contributed by atoms with Crippen LogP contribution in [-0.2, 0) is 9.53 Å². The summed E-state index contributed by atoms with van der Waals surface area (Å²) in [5.74, 6) is 0.245. The van der Waals surface area contributed by atoms with Crippen LogP contribution < -0.4 is 5.73 Å². The van der Waals surface area contributed by atoms with Gasteiger partial charge in [-0.15, -0.1) is 0 Å². The van der Waals surface area contributed by atoms with Crippen LogP contribution in [0.1, 0.15) is 30.7 Å². The highest BCUT2D eigenvalue weighted by molar-refractivity contribution is 5.99. The van der Waals surface area contributed by atoms with Crippen molar-refractivity contribution in [2.45, 2.75) is 25.2 Å². The Bertz CT molecular complexity index is 632. The zero-order valence-corrected chi connectivity index (χ0v) is 10.2. The van der Waals surface area contributed by atoms with Crippen LogP contribution in [0, 0.1) is 11.3 Å². The Labute approximate surface area is 109 Å². The normalized spacial score (nSPS) is 22.9. The number of carbonyl (C=O) groups is 1. The van der Waals surface area contributed by atoms with Gasteiger partial charge in [0.15, 0.2) is 5.78 Å². The van der Waals surface area contributed by atoms with Crippen molar-refractivity contribution in [3.63, 3.8) is 0 Å². The van der Waals surface area contributed by atoms with E-state index in [1.165, 1.54) is 12.5 Å². The quantitative estimate of drug-likeness (QED) is 0.831. The lowest BCUT2D eigenvalue weighted by atomic mass is 9.78. The number of furan rings is 1. The van der Waals surface area contributed by atoms with E-state index in [-0.39, 0.29) is 17.2 Å². The fraction of sp³-hybridized carbons (Fsp3) is 0.286. The third-order valence-electron chi connectivity index (χ3n) is 3.48. The number of rotatable bonds is 1. The number of carbonyl (C=O) groups excluding carboxylic acids is 1. The SMILES string of the molecule is N#CC1=C(N)OC2=C(C(=O)CCC2)[C@@H]1c1ccoc1. The van der Waals surface area contributed by atoms with Crippen molar-refractivity contribution >= 4 is 5.78 Å². The number of ether oxygens (including phenoxy) is 1. The molecule has 2 heterocycles. The lowest BCUT2D eigenvalue weighted by Crippen LogP contribution is -2.27. The molecular formula is C14H12N2O3. The van der Waals surface area contributed by atoms with Gasteiger partial charge in [0.05, 0.1) is 18.4 Å². The Morgan fingerprint density at radius 1 is 1.42 bits per heavy atom. The number of nitrogens with two attached hydrogens (primary N) is 1. The molecule has 0 spiro atoms. The third-order valence-corrected chi connectivity index (χ3v) is 3.48. The minimum Gasteiger partial charge on any atom is -0.472 e. The zero-order chi connectivity index (χ0) is 13.4. The van der Waals surface area contributed by atoms with E-state index in [9.17, 15) is 10.1 Å². The topological polar surface area (TPSA) is 89.3 Å². The van der Waals surface area contributed by atoms with E-state index in [1.807, 2.05) is 6.07 Å². The van der Waals surface area contributed by atoms with Crippen LogP contribution in [0.15, 0.2) is 45.8 Å². The molecular weight excluding hydrogens is 244 g/mol. The van der Waals surface area contributed by atoms with E-state index >= 15 is 0 Å². The van der Waals surface area contributed by atoms with Gasteiger partial charge in [0, 0.05) is 24.0 Å². The lowest BCUT2D eigenvalue weighted by Gasteiger charge is -2.30. The minimum absolute atomic E-state index is 0.0210. The number of Topliss-reactive ketones (excluding diaryl/α,β-unsaturated/α-hetero) is 1. The Hall–Kier alpha value is -2.48. The van der Waals surface area contributed by atoms with Crippen molar-refractivity contribution in [1.82, 2.24) is 0 Å². The maximum Gasteiger partial charge on any atom is 0.205 e. The molecule has 3 rings (SSSR count). The molecule has 5 heteroatoms. The molecule has 1 aliphatic heterocycles. The van der Waals surface area contributed by atoms with Gasteiger partial charge in [0.2, 0.25) is 5.88 Å². The highest BCUT2D eigenvalue weighted by Crippen LogP contribution is 2.43. The summed E-state index contributed by atoms with van der Waals surface area (Å²) in [7, 11) is 0. The van der Waals surface area contributed by atoms with Crippen molar-refractivity contribution in [2.24, 2.45) is 5.73 Å². The predicted octanol–water partition coefficient (Wildman–Crippen LogP) is 2.09. The standard InChI is InChI=1S/C14H12N2O3/c15-6-9-12(8-4-5-18-7-8)13-10(17)2-1-3-11(13)19-14(9)16/h4-5,7,12H,1-3,16H2/t12-/m1/s1. The Kier molecular flexibility index (Phi) is 2.64. The Balaban J connectivity index is 2.18. The number of allylic oxidation sites excluding steroid dienone is 3. The number of hydrogen-bond donors (Lipinski definition) is 1. The molecule has 0 aromatic carbocycles. The average Bonchev–Trinajstić information content (AvgIpc) is 2.91. The summed E-state index contributed by atoms with van der Waals surface area (Å²) in [5, 5.41) is 9.27. The van der Waals surface area contributed by atoms with Crippen molar-refractivity contribution in [3.05, 3.63) is 46.9 Å². The summed E-state index contributed by atoms with van der Waals surface area (Å²) < 4.78 is 10.5. The molecule has 1 aromatic rings. The second kappa shape index (κ2) is 4.32. The molecule has 0 unspecified atom stereocenters. The van der Waals surface area contributed by atoms with Crippen molar-refractivity contribution in [1.29, 1.82) is 5.26 Å². The molecule has 0 radical (unpaired) electrons. The molecule has 1 aliphatic carbocycles. The molecule has 96 valence electrons. The van der Waals surface area contributed by atoms with E-state index in [4.69, 9.17) is 14.9 Å². The summed E-state index contributed by atoms with van der Waals surface area (Å²) in [6, 6.07) is 3.79. The monoisotopic (exact) mass is 256 g/mol. The summed E-state index contributed by atoms with van der Waals surface area (Å²) in [5.41, 5.74) is 7.38. The molecule has 0 bridgehead atoms. The van der Waals surface area contributed by atoms with E-state index in [0.29, 0.717) is 24.2 Å². The molecule has 0 saturated carbocycles. The van der Waals surface area contributed by atoms with E-state index in [2.05, 4.69) is 0 Å². The van der Waals surface area contributed by atoms with Crippen LogP contribution in [0.25, 0.3) is 0 Å². The Morgan fingerprint density at radius 2 is 2.26 bits per heavy atom. The van der Waals surface area contributed by atoms with E-state index in [0.717, 1.165) is 12.0 Å². The number of nitriles is 1. The average molecular weight is 256 g/mol. The van der Waals surface area contributed by atoms with Crippen molar-refractivity contribution in [3.8, 4) is 6.07 Å². The first kappa shape index (κ1) is 11.6. The lowest BCUT2D eigenvalue weighted by molar-refractivity contribution is -0.116. The van der Waals surface area contributed by atoms with Gasteiger partial charge in [-0.25, -0.2) is 0 Å². The van der Waals surface area contributed by atoms with Crippen LogP contribution in [0.3, 0.4) is 0 Å². The van der Waals surface area contributed by atoms with Crippen molar-refractivity contribution < 1.29 is 13.9 Å². The molecule has 0 amide bonds. The minimum atomic E-state index is -0.458. The van der Waals surface area contributed by atoms with Crippen LogP contribution in [0.2, 0.25) is 0 Å². The smallest absolute Gasteiger partial charge is 0.205 e. The Morgan fingerprint density at radius 3 is 2.95 bits per heavy atom. The van der Waals surface area contributed by atoms with Gasteiger partial charge in [-0.3, -0.25) is 4.79 Å². The second-order valence-electron chi connectivity index (χ2n) is 4.60. The summed E-state index contributed by atoms with van der Waals surface area (Å²) >= 11 is 0. The van der Waals surface area contributed by atoms with Gasteiger partial charge in [-0.1, -0.05) is 0 Å². The van der Waals surface area contributed by atoms with Crippen LogP contribution in [0.4, 0.5) is 0 Å². The van der Waals surface area contributed by atoms with Gasteiger partial charge in [-0.2, -0.15) is 5.26 Å². The first-order valence-electron chi connectivity index (χ1n) is 6.08. The van der Waals surface area contributed by atoms with Crippen molar-refractivity contribution in [2.75, 3.05) is 0 Å². The van der Waals surface area contributed by atoms with Crippen LogP contribution in [-0.4, -0.2) is 5.78 Å². The highest BCUT2D eigenvalue weighted by Gasteiger charge is 2.38. The van der Waals surface area contributed by atoms with E-state index < -0.39 is 5.92 Å². The van der Waals surface area contributed by atoms with Gasteiger partial charge in [0.1, 0.15) is 17.4 Å². The zero-order valence-electron chi connectivity index (χ0n) is 10.2. The molecule has 2 aliphatic rings. The molecule has 1 aromatic heterocycles. The summed E-state index contributed by atoms with van der Waals surface area (Å²) in [4.78, 5) is 12.2. The molecule has 1 atom stereocenters. The van der Waals surface area contributed by atoms with Gasteiger partial charge in [-0.05, 0) is 12.5 Å². The number of nitrogens with zero attached hydrogens (tertiary/aromatic N) is 1. The molecule has 19 heavy (non-hydrogen) atoms. The van der Waals surface area contributed by atoms with Gasteiger partial charge in [0.25, 0.3) is 0 Å². The summed E-state index contributed by atoms with van der Waals surface area (Å²) in [6.45, 7) is 0. The third kappa shape index (κ3) is 1.73. The fourth-order valence-corrected chi connectivity index (χ4v) is 2.63. The molecule has 5 nitrogen and oxygen atoms in total. The largest absolute Gasteiger partial charge is 0.472 e. The molecule has 2 N–H and O–H groups in total. The first-order valence-corrected chi connectivity index (χ1v) is 6.08. The predicted molar refractivity (Wildman–Crippen MR) is 65.2 cm³/mol. The molecule has 0 saturated heterocycles. The van der Waals surface area contributed by atoms with E-state index in [1.54, 1.807) is 6.07 Å². The van der Waals surface area contributed by atoms with Gasteiger partial charge < -0.3 is 14.9 Å². The number of hydrogen-bond acceptors (Lipinski definition) is 5. The maximum absolute atomic E-state index is 12.2. The van der Waals surface area contributed by atoms with Crippen LogP contribution in [0.5, 0.6) is 0 Å². The first-order chi connectivity index (χ1) is 9.22. The second-order valence-corrected chi connectivity index (χ2v) is 4.60. The maximum atomic E-state index is 12.2. The summed E-state index contributed by atoms with van der Waals surface area (Å²) in [6.07, 6.45) is 4.96. The highest BCUT2D eigenvalue weighted by atomic mass is 16.5. The fourth-order valence-electron chi connectivity index (χ4n) is 2.63.